The number of ether oxygens (including phenoxy) is 1. The Balaban J connectivity index is 0.000000145. The van der Waals surface area contributed by atoms with E-state index in [9.17, 15) is 0 Å². The van der Waals surface area contributed by atoms with Crippen LogP contribution in [0.5, 0.6) is 11.5 Å². The lowest BCUT2D eigenvalue weighted by Crippen LogP contribution is -2.10. The first-order valence-corrected chi connectivity index (χ1v) is 38.8. The van der Waals surface area contributed by atoms with E-state index in [0.29, 0.717) is 0 Å². The van der Waals surface area contributed by atoms with Gasteiger partial charge in [-0.1, -0.05) is 188 Å². The van der Waals surface area contributed by atoms with Crippen LogP contribution in [0.25, 0.3) is 91.8 Å². The summed E-state index contributed by atoms with van der Waals surface area (Å²) in [4.78, 5) is 9.42. The average Bonchev–Trinajstić information content (AvgIpc) is 1.59. The summed E-state index contributed by atoms with van der Waals surface area (Å²) in [5, 5.41) is 10.2. The third-order valence-electron chi connectivity index (χ3n) is 19.7. The fourth-order valence-electron chi connectivity index (χ4n) is 14.9. The molecule has 0 N–H and O–H groups in total. The molecular formula is C97H66N4OS4. The number of aryl methyl sites for hydroxylation is 1. The van der Waals surface area contributed by atoms with Gasteiger partial charge >= 0.3 is 0 Å². The van der Waals surface area contributed by atoms with Crippen LogP contribution < -0.4 is 24.3 Å². The fraction of sp³-hybridized carbons (Fsp3) is 0.0103. The van der Waals surface area contributed by atoms with Crippen molar-refractivity contribution in [1.29, 1.82) is 0 Å². The van der Waals surface area contributed by atoms with Gasteiger partial charge in [0.2, 0.25) is 0 Å². The number of anilines is 12. The van der Waals surface area contributed by atoms with E-state index >= 15 is 0 Å². The Hall–Kier alpha value is -12.6. The number of hydrogen-bond acceptors (Lipinski definition) is 9. The molecule has 0 atom stereocenters. The minimum absolute atomic E-state index is 0.789. The summed E-state index contributed by atoms with van der Waals surface area (Å²) in [6.07, 6.45) is 0. The molecule has 5 nitrogen and oxygen atoms in total. The topological polar surface area (TPSA) is 22.2 Å². The summed E-state index contributed by atoms with van der Waals surface area (Å²) >= 11 is 7.41. The van der Waals surface area contributed by atoms with Crippen molar-refractivity contribution in [3.05, 3.63) is 388 Å². The van der Waals surface area contributed by atoms with Crippen LogP contribution in [-0.2, 0) is 0 Å². The van der Waals surface area contributed by atoms with E-state index < -0.39 is 0 Å². The summed E-state index contributed by atoms with van der Waals surface area (Å²) in [7, 11) is 0. The molecule has 0 spiro atoms. The van der Waals surface area contributed by atoms with E-state index in [-0.39, 0.29) is 0 Å². The van der Waals surface area contributed by atoms with Gasteiger partial charge in [-0.2, -0.15) is 0 Å². The first-order chi connectivity index (χ1) is 52.4. The van der Waals surface area contributed by atoms with Crippen molar-refractivity contribution in [2.75, 3.05) is 19.6 Å². The molecule has 20 aromatic rings. The van der Waals surface area contributed by atoms with E-state index in [1.807, 2.05) is 81.7 Å². The van der Waals surface area contributed by atoms with Gasteiger partial charge in [0.25, 0.3) is 0 Å². The van der Waals surface area contributed by atoms with E-state index in [4.69, 9.17) is 4.74 Å². The van der Waals surface area contributed by atoms with Gasteiger partial charge < -0.3 is 24.3 Å². The summed E-state index contributed by atoms with van der Waals surface area (Å²) in [6, 6.07) is 137. The Bertz CT molecular complexity index is 6520. The molecule has 0 aliphatic heterocycles. The SMILES string of the molecule is Cc1cccc(-c2cccc3sc4ccc(N(c5ccccc5)c5ccc6c(c5)sc5ccc(N(c7ccccc7)c7ccccc7)cc56)cc4c23)c1.c1ccc(Oc2cccc(N(c3ccc4c(c3)sc3ccc(N(c5ccccc5)c5ccccc5)cc34)c3ccc4sc5ccccc5c4c3)c2)cc1. The van der Waals surface area contributed by atoms with Gasteiger partial charge in [0.1, 0.15) is 11.5 Å². The number of rotatable bonds is 15. The van der Waals surface area contributed by atoms with Gasteiger partial charge in [-0.15, -0.1) is 45.3 Å². The van der Waals surface area contributed by atoms with Gasteiger partial charge in [0.15, 0.2) is 0 Å². The van der Waals surface area contributed by atoms with Crippen molar-refractivity contribution in [2.24, 2.45) is 0 Å². The molecule has 0 radical (unpaired) electrons. The maximum atomic E-state index is 6.33. The van der Waals surface area contributed by atoms with Crippen LogP contribution in [0.15, 0.2) is 382 Å². The molecule has 9 heteroatoms. The van der Waals surface area contributed by atoms with Crippen molar-refractivity contribution in [3.63, 3.8) is 0 Å². The van der Waals surface area contributed by atoms with E-state index in [0.717, 1.165) is 79.7 Å². The number of benzene rings is 16. The third-order valence-corrected chi connectivity index (χ3v) is 24.3. The Kier molecular flexibility index (Phi) is 16.9. The predicted molar refractivity (Wildman–Crippen MR) is 460 cm³/mol. The zero-order valence-corrected chi connectivity index (χ0v) is 61.0. The van der Waals surface area contributed by atoms with Crippen LogP contribution >= 0.6 is 45.3 Å². The molecule has 0 bridgehead atoms. The monoisotopic (exact) mass is 1430 g/mol. The first kappa shape index (κ1) is 64.3. The third kappa shape index (κ3) is 12.3. The van der Waals surface area contributed by atoms with Crippen molar-refractivity contribution in [2.45, 2.75) is 6.92 Å². The smallest absolute Gasteiger partial charge is 0.129 e. The van der Waals surface area contributed by atoms with Crippen LogP contribution in [0.4, 0.5) is 68.2 Å². The van der Waals surface area contributed by atoms with Crippen LogP contribution in [0, 0.1) is 6.92 Å². The highest BCUT2D eigenvalue weighted by Gasteiger charge is 2.23. The van der Waals surface area contributed by atoms with Crippen LogP contribution in [0.2, 0.25) is 0 Å². The summed E-state index contributed by atoms with van der Waals surface area (Å²) in [6.45, 7) is 2.17. The molecule has 0 amide bonds. The molecule has 0 unspecified atom stereocenters. The second-order valence-corrected chi connectivity index (χ2v) is 30.8. The standard InChI is InChI=1S/C49H34N2S2.C48H32N2OS2/c1-33-13-11-14-34(29-33)41-21-12-22-47-49(41)44-31-39(25-28-46(44)52-47)51(37-19-9-4-10-20-37)40-23-26-42-43-30-38(24-27-45(43)53-48(42)32-40)50(35-15-5-2-6-16-35)36-17-7-3-8-18-36;1-4-13-33(14-5-1)49(34-15-6-2-7-16-34)36-24-28-47-44(30-36)42-26-23-38(32-48(42)53-47)50(35-17-12-20-40(29-35)51-39-18-8-3-9-19-39)37-25-27-46-43(31-37)41-21-10-11-22-45(41)52-46/h2-32H,1H3;1-32H. The summed E-state index contributed by atoms with van der Waals surface area (Å²) < 4.78 is 16.6. The Labute approximate surface area is 631 Å². The zero-order chi connectivity index (χ0) is 70.4. The van der Waals surface area contributed by atoms with Gasteiger partial charge in [-0.25, -0.2) is 0 Å². The summed E-state index contributed by atoms with van der Waals surface area (Å²) in [5.74, 6) is 1.60. The van der Waals surface area contributed by atoms with Gasteiger partial charge in [-0.05, 0) is 212 Å². The maximum absolute atomic E-state index is 6.33. The fourth-order valence-corrected chi connectivity index (χ4v) is 19.3. The molecule has 4 aromatic heterocycles. The number of thiophene rings is 4. The summed E-state index contributed by atoms with van der Waals surface area (Å²) in [5.41, 5.74) is 17.3. The van der Waals surface area contributed by atoms with Crippen LogP contribution in [-0.4, -0.2) is 0 Å². The molecule has 106 heavy (non-hydrogen) atoms. The normalized spacial score (nSPS) is 11.4. The molecule has 16 aromatic carbocycles. The lowest BCUT2D eigenvalue weighted by atomic mass is 9.98. The highest BCUT2D eigenvalue weighted by Crippen LogP contribution is 2.50. The van der Waals surface area contributed by atoms with Crippen LogP contribution in [0.1, 0.15) is 5.56 Å². The van der Waals surface area contributed by atoms with Crippen molar-refractivity contribution in [1.82, 2.24) is 0 Å². The van der Waals surface area contributed by atoms with E-state index in [2.05, 4.69) is 372 Å². The molecule has 504 valence electrons. The minimum Gasteiger partial charge on any atom is -0.457 e. The van der Waals surface area contributed by atoms with Crippen molar-refractivity contribution < 1.29 is 4.74 Å². The molecule has 20 rings (SSSR count). The average molecular weight is 1430 g/mol. The largest absolute Gasteiger partial charge is 0.457 e. The zero-order valence-electron chi connectivity index (χ0n) is 57.7. The van der Waals surface area contributed by atoms with Crippen molar-refractivity contribution >= 4 is 194 Å². The Morgan fingerprint density at radius 3 is 1.01 bits per heavy atom. The first-order valence-electron chi connectivity index (χ1n) is 35.6. The van der Waals surface area contributed by atoms with E-state index in [1.54, 1.807) is 0 Å². The molecule has 0 saturated carbocycles. The van der Waals surface area contributed by atoms with Gasteiger partial charge in [0.05, 0.1) is 0 Å². The molecular weight excluding hydrogens is 1370 g/mol. The number of fused-ring (bicyclic) bond motifs is 12. The Morgan fingerprint density at radius 1 is 0.198 bits per heavy atom. The van der Waals surface area contributed by atoms with Crippen LogP contribution in [0.3, 0.4) is 0 Å². The molecule has 0 aliphatic rings. The number of nitrogens with zero attached hydrogens (tertiary/aromatic N) is 4. The second kappa shape index (κ2) is 27.9. The highest BCUT2D eigenvalue weighted by molar-refractivity contribution is 7.27. The molecule has 0 aliphatic carbocycles. The highest BCUT2D eigenvalue weighted by atomic mass is 32.1. The lowest BCUT2D eigenvalue weighted by molar-refractivity contribution is 0.483. The predicted octanol–water partition coefficient (Wildman–Crippen LogP) is 30.5. The number of para-hydroxylation sites is 6. The minimum atomic E-state index is 0.789. The maximum Gasteiger partial charge on any atom is 0.129 e. The van der Waals surface area contributed by atoms with Gasteiger partial charge in [-0.3, -0.25) is 0 Å². The number of hydrogen-bond donors (Lipinski definition) is 0. The quantitative estimate of drug-likeness (QED) is 0.102. The second-order valence-electron chi connectivity index (χ2n) is 26.5. The molecule has 0 fully saturated rings. The molecule has 4 heterocycles. The van der Waals surface area contributed by atoms with Crippen molar-refractivity contribution in [3.8, 4) is 22.6 Å². The molecule has 0 saturated heterocycles. The Morgan fingerprint density at radius 2 is 0.519 bits per heavy atom. The van der Waals surface area contributed by atoms with E-state index in [1.165, 1.54) is 97.4 Å². The van der Waals surface area contributed by atoms with Gasteiger partial charge in [0, 0.05) is 155 Å². The lowest BCUT2D eigenvalue weighted by Gasteiger charge is -2.26.